The molecule has 0 bridgehead atoms. The van der Waals surface area contributed by atoms with Crippen LogP contribution in [0.3, 0.4) is 0 Å². The van der Waals surface area contributed by atoms with Gasteiger partial charge >= 0.3 is 0 Å². The Kier molecular flexibility index (Phi) is 8.64. The second-order valence-electron chi connectivity index (χ2n) is 6.68. The van der Waals surface area contributed by atoms with E-state index >= 15 is 0 Å². The summed E-state index contributed by atoms with van der Waals surface area (Å²) in [4.78, 5) is 11.5. The quantitative estimate of drug-likeness (QED) is 0.542. The summed E-state index contributed by atoms with van der Waals surface area (Å²) in [5.74, 6) is 1.45. The molecule has 1 saturated heterocycles. The maximum atomic E-state index is 5.48. The average molecular weight is 368 g/mol. The minimum atomic E-state index is 0.494. The maximum Gasteiger partial charge on any atom is 0.191 e. The van der Waals surface area contributed by atoms with Gasteiger partial charge in [-0.05, 0) is 12.3 Å². The Labute approximate surface area is 156 Å². The largest absolute Gasteiger partial charge is 0.379 e. The summed E-state index contributed by atoms with van der Waals surface area (Å²) in [5, 5.41) is 10.3. The van der Waals surface area contributed by atoms with Gasteiger partial charge in [-0.15, -0.1) is 11.3 Å². The fraction of sp³-hybridized carbons (Fsp3) is 0.778. The van der Waals surface area contributed by atoms with Crippen molar-refractivity contribution in [2.24, 2.45) is 10.9 Å². The van der Waals surface area contributed by atoms with Gasteiger partial charge < -0.3 is 15.4 Å². The van der Waals surface area contributed by atoms with E-state index in [1.807, 2.05) is 7.05 Å². The van der Waals surface area contributed by atoms with Crippen molar-refractivity contribution in [3.05, 3.63) is 16.1 Å². The van der Waals surface area contributed by atoms with Crippen LogP contribution in [0.25, 0.3) is 0 Å². The highest BCUT2D eigenvalue weighted by Gasteiger charge is 2.23. The Morgan fingerprint density at radius 2 is 2.12 bits per heavy atom. The molecule has 0 aromatic carbocycles. The summed E-state index contributed by atoms with van der Waals surface area (Å²) in [5.41, 5.74) is 1.16. The predicted octanol–water partition coefficient (Wildman–Crippen LogP) is 1.77. The van der Waals surface area contributed by atoms with Gasteiger partial charge in [-0.25, -0.2) is 4.98 Å². The molecule has 0 saturated carbocycles. The lowest BCUT2D eigenvalue weighted by Crippen LogP contribution is -2.52. The smallest absolute Gasteiger partial charge is 0.191 e. The number of nitrogens with one attached hydrogen (secondary N) is 2. The monoisotopic (exact) mass is 367 g/mol. The van der Waals surface area contributed by atoms with Crippen molar-refractivity contribution in [1.29, 1.82) is 0 Å². The summed E-state index contributed by atoms with van der Waals surface area (Å²) < 4.78 is 5.48. The van der Waals surface area contributed by atoms with E-state index in [-0.39, 0.29) is 0 Å². The molecule has 0 spiro atoms. The molecule has 142 valence electrons. The average Bonchev–Trinajstić information content (AvgIpc) is 3.09. The number of hydrogen-bond acceptors (Lipinski definition) is 5. The van der Waals surface area contributed by atoms with E-state index in [0.29, 0.717) is 12.0 Å². The van der Waals surface area contributed by atoms with Gasteiger partial charge in [0.1, 0.15) is 0 Å². The summed E-state index contributed by atoms with van der Waals surface area (Å²) in [6.45, 7) is 12.2. The number of hydrogen-bond donors (Lipinski definition) is 2. The van der Waals surface area contributed by atoms with E-state index in [0.717, 1.165) is 63.9 Å². The fourth-order valence-corrected chi connectivity index (χ4v) is 3.83. The molecule has 2 rings (SSSR count). The van der Waals surface area contributed by atoms with Crippen molar-refractivity contribution in [2.75, 3.05) is 46.4 Å². The van der Waals surface area contributed by atoms with Crippen LogP contribution >= 0.6 is 11.3 Å². The zero-order chi connectivity index (χ0) is 18.1. The van der Waals surface area contributed by atoms with Crippen LogP contribution < -0.4 is 10.6 Å². The van der Waals surface area contributed by atoms with Gasteiger partial charge in [0.25, 0.3) is 0 Å². The van der Waals surface area contributed by atoms with Gasteiger partial charge in [0.05, 0.1) is 23.9 Å². The first-order chi connectivity index (χ1) is 12.1. The third-order valence-electron chi connectivity index (χ3n) is 4.56. The Bertz CT molecular complexity index is 525. The molecular formula is C18H33N5OS. The van der Waals surface area contributed by atoms with Crippen molar-refractivity contribution in [3.63, 3.8) is 0 Å². The van der Waals surface area contributed by atoms with Crippen LogP contribution in [0.2, 0.25) is 0 Å². The van der Waals surface area contributed by atoms with Crippen LogP contribution in [0.15, 0.2) is 10.4 Å². The fourth-order valence-electron chi connectivity index (χ4n) is 3.05. The van der Waals surface area contributed by atoms with E-state index in [2.05, 4.69) is 51.7 Å². The Balaban J connectivity index is 1.75. The molecule has 7 heteroatoms. The van der Waals surface area contributed by atoms with Crippen LogP contribution in [0, 0.1) is 5.92 Å². The molecule has 1 aliphatic heterocycles. The number of rotatable bonds is 8. The Morgan fingerprint density at radius 3 is 2.72 bits per heavy atom. The maximum absolute atomic E-state index is 5.48. The van der Waals surface area contributed by atoms with Gasteiger partial charge in [-0.2, -0.15) is 0 Å². The first-order valence-corrected chi connectivity index (χ1v) is 10.2. The lowest BCUT2D eigenvalue weighted by atomic mass is 10.0. The van der Waals surface area contributed by atoms with E-state index in [1.165, 1.54) is 5.01 Å². The number of aromatic nitrogens is 1. The molecule has 0 aliphatic carbocycles. The molecule has 6 nitrogen and oxygen atoms in total. The second-order valence-corrected chi connectivity index (χ2v) is 7.62. The topological polar surface area (TPSA) is 61.8 Å². The number of nitrogens with zero attached hydrogens (tertiary/aromatic N) is 3. The lowest BCUT2D eigenvalue weighted by Gasteiger charge is -2.37. The highest BCUT2D eigenvalue weighted by molar-refractivity contribution is 7.09. The minimum Gasteiger partial charge on any atom is -0.379 e. The lowest BCUT2D eigenvalue weighted by molar-refractivity contribution is 0.00752. The first-order valence-electron chi connectivity index (χ1n) is 9.33. The van der Waals surface area contributed by atoms with Gasteiger partial charge in [0, 0.05) is 51.1 Å². The number of thiazole rings is 1. The molecule has 2 N–H and O–H groups in total. The standard InChI is InChI=1S/C18H33N5OS/c1-5-17-22-15(13-25-17)6-7-20-18(19-4)21-12-16(14(2)3)23-8-10-24-11-9-23/h13-14,16H,5-12H2,1-4H3,(H2,19,20,21). The van der Waals surface area contributed by atoms with Crippen LogP contribution in [-0.2, 0) is 17.6 Å². The minimum absolute atomic E-state index is 0.494. The van der Waals surface area contributed by atoms with Gasteiger partial charge in [-0.3, -0.25) is 9.89 Å². The molecule has 1 aliphatic rings. The molecule has 1 aromatic rings. The molecule has 1 unspecified atom stereocenters. The highest BCUT2D eigenvalue weighted by Crippen LogP contribution is 2.12. The summed E-state index contributed by atoms with van der Waals surface area (Å²) >= 11 is 1.75. The molecule has 1 aromatic heterocycles. The molecule has 1 atom stereocenters. The molecule has 1 fully saturated rings. The van der Waals surface area contributed by atoms with Crippen molar-refractivity contribution >= 4 is 17.3 Å². The Hall–Kier alpha value is -1.18. The summed E-state index contributed by atoms with van der Waals surface area (Å²) in [7, 11) is 1.83. The van der Waals surface area contributed by atoms with Crippen molar-refractivity contribution in [3.8, 4) is 0 Å². The first kappa shape index (κ1) is 20.1. The van der Waals surface area contributed by atoms with Crippen LogP contribution in [-0.4, -0.2) is 68.3 Å². The van der Waals surface area contributed by atoms with E-state index in [1.54, 1.807) is 11.3 Å². The summed E-state index contributed by atoms with van der Waals surface area (Å²) in [6, 6.07) is 0.494. The number of aliphatic imine (C=N–C) groups is 1. The SMILES string of the molecule is CCc1nc(CCNC(=NC)NCC(C(C)C)N2CCOCC2)cs1. The van der Waals surface area contributed by atoms with E-state index < -0.39 is 0 Å². The number of ether oxygens (including phenoxy) is 1. The normalized spacial score (nSPS) is 17.7. The molecule has 0 radical (unpaired) electrons. The van der Waals surface area contributed by atoms with Crippen LogP contribution in [0.5, 0.6) is 0 Å². The number of aryl methyl sites for hydroxylation is 1. The van der Waals surface area contributed by atoms with Crippen LogP contribution in [0.1, 0.15) is 31.5 Å². The van der Waals surface area contributed by atoms with Gasteiger partial charge in [-0.1, -0.05) is 20.8 Å². The third-order valence-corrected chi connectivity index (χ3v) is 5.60. The van der Waals surface area contributed by atoms with Crippen molar-refractivity contribution < 1.29 is 4.74 Å². The van der Waals surface area contributed by atoms with Crippen LogP contribution in [0.4, 0.5) is 0 Å². The number of morpholine rings is 1. The predicted molar refractivity (Wildman–Crippen MR) is 106 cm³/mol. The zero-order valence-electron chi connectivity index (χ0n) is 16.0. The van der Waals surface area contributed by atoms with Gasteiger partial charge in [0.2, 0.25) is 0 Å². The number of guanidine groups is 1. The molecule has 2 heterocycles. The molecule has 0 amide bonds. The summed E-state index contributed by atoms with van der Waals surface area (Å²) in [6.07, 6.45) is 1.94. The second kappa shape index (κ2) is 10.7. The molecule has 25 heavy (non-hydrogen) atoms. The zero-order valence-corrected chi connectivity index (χ0v) is 16.9. The third kappa shape index (κ3) is 6.56. The van der Waals surface area contributed by atoms with Crippen molar-refractivity contribution in [1.82, 2.24) is 20.5 Å². The van der Waals surface area contributed by atoms with E-state index in [9.17, 15) is 0 Å². The van der Waals surface area contributed by atoms with E-state index in [4.69, 9.17) is 4.74 Å². The highest BCUT2D eigenvalue weighted by atomic mass is 32.1. The van der Waals surface area contributed by atoms with Crippen molar-refractivity contribution in [2.45, 2.75) is 39.7 Å². The van der Waals surface area contributed by atoms with Gasteiger partial charge in [0.15, 0.2) is 5.96 Å². The Morgan fingerprint density at radius 1 is 1.36 bits per heavy atom. The molecular weight excluding hydrogens is 334 g/mol.